The largest absolute Gasteiger partial charge is 0.487 e. The summed E-state index contributed by atoms with van der Waals surface area (Å²) in [5.74, 6) is 0.835. The van der Waals surface area contributed by atoms with E-state index in [2.05, 4.69) is 39.8 Å². The van der Waals surface area contributed by atoms with Crippen molar-refractivity contribution in [2.75, 3.05) is 6.61 Å². The van der Waals surface area contributed by atoms with E-state index >= 15 is 0 Å². The molecule has 0 aromatic heterocycles. The molecule has 7 heteroatoms. The molecule has 2 heterocycles. The molecule has 1 aliphatic carbocycles. The quantitative estimate of drug-likeness (QED) is 0.481. The first-order chi connectivity index (χ1) is 15.7. The third kappa shape index (κ3) is 4.66. The maximum absolute atomic E-state index is 10.4. The Hall–Kier alpha value is -1.64. The molecule has 1 aromatic carbocycles. The number of hydrogen-bond donors (Lipinski definition) is 4. The molecular weight excluding hydrogens is 424 g/mol. The highest BCUT2D eigenvalue weighted by molar-refractivity contribution is 5.54. The smallest absolute Gasteiger partial charge is 0.210 e. The first kappa shape index (κ1) is 24.5. The van der Waals surface area contributed by atoms with Gasteiger partial charge in [0.1, 0.15) is 23.2 Å². The molecule has 0 bridgehead atoms. The summed E-state index contributed by atoms with van der Waals surface area (Å²) in [6, 6.07) is 4.10. The highest BCUT2D eigenvalue weighted by atomic mass is 16.7. The van der Waals surface area contributed by atoms with Crippen molar-refractivity contribution in [1.82, 2.24) is 0 Å². The van der Waals surface area contributed by atoms with E-state index in [-0.39, 0.29) is 17.4 Å². The van der Waals surface area contributed by atoms with Gasteiger partial charge in [-0.1, -0.05) is 25.0 Å². The summed E-state index contributed by atoms with van der Waals surface area (Å²) in [5, 5.41) is 40.3. The van der Waals surface area contributed by atoms with E-state index in [9.17, 15) is 20.4 Å². The number of fused-ring (bicyclic) bond motifs is 3. The highest BCUT2D eigenvalue weighted by Gasteiger charge is 2.48. The molecule has 1 saturated heterocycles. The molecule has 0 spiro atoms. The lowest BCUT2D eigenvalue weighted by Gasteiger charge is -2.47. The van der Waals surface area contributed by atoms with E-state index in [1.165, 1.54) is 5.57 Å². The Morgan fingerprint density at radius 1 is 1.15 bits per heavy atom. The number of ether oxygens (including phenoxy) is 3. The van der Waals surface area contributed by atoms with Crippen molar-refractivity contribution < 1.29 is 34.6 Å². The molecular formula is C26H38O7. The topological polar surface area (TPSA) is 109 Å². The van der Waals surface area contributed by atoms with Gasteiger partial charge in [-0.3, -0.25) is 0 Å². The van der Waals surface area contributed by atoms with Crippen molar-refractivity contribution in [1.29, 1.82) is 0 Å². The fraction of sp³-hybridized carbons (Fsp3) is 0.692. The van der Waals surface area contributed by atoms with E-state index in [0.29, 0.717) is 5.75 Å². The van der Waals surface area contributed by atoms with Crippen LogP contribution in [-0.2, 0) is 11.2 Å². The van der Waals surface area contributed by atoms with Gasteiger partial charge in [-0.25, -0.2) is 0 Å². The summed E-state index contributed by atoms with van der Waals surface area (Å²) >= 11 is 0. The van der Waals surface area contributed by atoms with Crippen LogP contribution in [0.3, 0.4) is 0 Å². The summed E-state index contributed by atoms with van der Waals surface area (Å²) in [6.45, 7) is 8.12. The first-order valence-electron chi connectivity index (χ1n) is 12.2. The van der Waals surface area contributed by atoms with Gasteiger partial charge in [0.05, 0.1) is 18.6 Å². The Balaban J connectivity index is 1.78. The minimum absolute atomic E-state index is 0.101. The van der Waals surface area contributed by atoms with Crippen LogP contribution in [0.1, 0.15) is 70.4 Å². The number of allylic oxidation sites excluding steroid dienone is 2. The summed E-state index contributed by atoms with van der Waals surface area (Å²) in [6.07, 6.45) is 1.69. The standard InChI is InChI=1S/C26H38O7/c1-5-6-7-15-11-19(31-25-17(13-27)22(28)23(29)24(30)32-25)21-16-10-14(2)8-9-18(16)26(3,4)33-20(21)12-15/h10-12,16-18,22-25,27-30H,5-9,13H2,1-4H3/t16?,17-,18?,22-,23+,24+,25+/m1/s1. The summed E-state index contributed by atoms with van der Waals surface area (Å²) in [5.41, 5.74) is 3.01. The van der Waals surface area contributed by atoms with Gasteiger partial charge in [0, 0.05) is 17.4 Å². The number of unbranched alkanes of at least 4 members (excludes halogenated alkanes) is 1. The van der Waals surface area contributed by atoms with Crippen LogP contribution in [0.2, 0.25) is 0 Å². The van der Waals surface area contributed by atoms with Gasteiger partial charge in [-0.2, -0.15) is 0 Å². The van der Waals surface area contributed by atoms with Crippen LogP contribution in [0.25, 0.3) is 0 Å². The third-order valence-corrected chi connectivity index (χ3v) is 7.49. The van der Waals surface area contributed by atoms with Crippen LogP contribution in [0, 0.1) is 11.8 Å². The molecule has 3 aliphatic rings. The molecule has 33 heavy (non-hydrogen) atoms. The van der Waals surface area contributed by atoms with Crippen LogP contribution in [0.5, 0.6) is 11.5 Å². The molecule has 0 saturated carbocycles. The number of rotatable bonds is 6. The average Bonchev–Trinajstić information content (AvgIpc) is 2.75. The second-order valence-electron chi connectivity index (χ2n) is 10.3. The lowest BCUT2D eigenvalue weighted by atomic mass is 9.68. The molecule has 7 nitrogen and oxygen atoms in total. The molecule has 1 aromatic rings. The van der Waals surface area contributed by atoms with Crippen LogP contribution >= 0.6 is 0 Å². The Bertz CT molecular complexity index is 880. The van der Waals surface area contributed by atoms with E-state index in [1.54, 1.807) is 0 Å². The molecule has 2 unspecified atom stereocenters. The second-order valence-corrected chi connectivity index (χ2v) is 10.3. The van der Waals surface area contributed by atoms with Crippen LogP contribution < -0.4 is 9.47 Å². The molecule has 7 atom stereocenters. The SMILES string of the molecule is CCCCc1cc(O[C@H]2O[C@H](O)[C@@H](O)[C@H](O)[C@H]2CO)c2c(c1)OC(C)(C)C1CCC(C)=CC21. The average molecular weight is 463 g/mol. The maximum Gasteiger partial charge on any atom is 0.210 e. The number of benzene rings is 1. The van der Waals surface area contributed by atoms with Gasteiger partial charge in [-0.05, 0) is 64.2 Å². The number of aliphatic hydroxyl groups is 4. The van der Waals surface area contributed by atoms with Crippen LogP contribution in [0.15, 0.2) is 23.8 Å². The van der Waals surface area contributed by atoms with Crippen molar-refractivity contribution in [3.8, 4) is 11.5 Å². The fourth-order valence-corrected chi connectivity index (χ4v) is 5.52. The Morgan fingerprint density at radius 2 is 1.91 bits per heavy atom. The van der Waals surface area contributed by atoms with Gasteiger partial charge in [-0.15, -0.1) is 0 Å². The van der Waals surface area contributed by atoms with Gasteiger partial charge in [0.2, 0.25) is 6.29 Å². The van der Waals surface area contributed by atoms with Crippen LogP contribution in [0.4, 0.5) is 0 Å². The van der Waals surface area contributed by atoms with E-state index in [4.69, 9.17) is 14.2 Å². The minimum atomic E-state index is -1.60. The summed E-state index contributed by atoms with van der Waals surface area (Å²) in [7, 11) is 0. The fourth-order valence-electron chi connectivity index (χ4n) is 5.52. The maximum atomic E-state index is 10.4. The zero-order valence-corrected chi connectivity index (χ0v) is 20.0. The molecule has 1 fully saturated rings. The molecule has 0 amide bonds. The third-order valence-electron chi connectivity index (χ3n) is 7.49. The second kappa shape index (κ2) is 9.55. The molecule has 0 radical (unpaired) electrons. The molecule has 2 aliphatic heterocycles. The first-order valence-corrected chi connectivity index (χ1v) is 12.2. The summed E-state index contributed by atoms with van der Waals surface area (Å²) in [4.78, 5) is 0. The molecule has 4 rings (SSSR count). The number of aryl methyl sites for hydroxylation is 1. The van der Waals surface area contributed by atoms with E-state index in [1.807, 2.05) is 6.07 Å². The zero-order valence-electron chi connectivity index (χ0n) is 20.0. The van der Waals surface area contributed by atoms with Crippen molar-refractivity contribution in [2.45, 2.75) is 96.1 Å². The van der Waals surface area contributed by atoms with Gasteiger partial charge in [0.15, 0.2) is 6.29 Å². The van der Waals surface area contributed by atoms with E-state index in [0.717, 1.165) is 49.0 Å². The van der Waals surface area contributed by atoms with E-state index < -0.39 is 37.3 Å². The number of aliphatic hydroxyl groups excluding tert-OH is 4. The number of hydrogen-bond acceptors (Lipinski definition) is 7. The Labute approximate surface area is 196 Å². The Kier molecular flexibility index (Phi) is 7.08. The predicted molar refractivity (Wildman–Crippen MR) is 123 cm³/mol. The summed E-state index contributed by atoms with van der Waals surface area (Å²) < 4.78 is 18.3. The predicted octanol–water partition coefficient (Wildman–Crippen LogP) is 3.02. The lowest BCUT2D eigenvalue weighted by molar-refractivity contribution is -0.313. The molecule has 4 N–H and O–H groups in total. The minimum Gasteiger partial charge on any atom is -0.487 e. The highest BCUT2D eigenvalue weighted by Crippen LogP contribution is 2.54. The molecule has 184 valence electrons. The van der Waals surface area contributed by atoms with Gasteiger partial charge >= 0.3 is 0 Å². The van der Waals surface area contributed by atoms with Gasteiger partial charge in [0.25, 0.3) is 0 Å². The van der Waals surface area contributed by atoms with Gasteiger partial charge < -0.3 is 34.6 Å². The van der Waals surface area contributed by atoms with Crippen LogP contribution in [-0.4, -0.2) is 57.4 Å². The monoisotopic (exact) mass is 462 g/mol. The lowest BCUT2D eigenvalue weighted by Crippen LogP contribution is -2.57. The van der Waals surface area contributed by atoms with Crippen molar-refractivity contribution in [2.24, 2.45) is 11.8 Å². The normalized spacial score (nSPS) is 35.2. The zero-order chi connectivity index (χ0) is 23.9. The van der Waals surface area contributed by atoms with Crippen molar-refractivity contribution in [3.63, 3.8) is 0 Å². The van der Waals surface area contributed by atoms with Crippen molar-refractivity contribution in [3.05, 3.63) is 34.9 Å². The Morgan fingerprint density at radius 3 is 2.61 bits per heavy atom. The van der Waals surface area contributed by atoms with Crippen molar-refractivity contribution >= 4 is 0 Å².